The molecule has 0 aliphatic rings. The molecule has 0 fully saturated rings. The Morgan fingerprint density at radius 2 is 2.11 bits per heavy atom. The van der Waals surface area contributed by atoms with Crippen molar-refractivity contribution in [1.29, 1.82) is 0 Å². The van der Waals surface area contributed by atoms with Crippen LogP contribution in [-0.4, -0.2) is 26.2 Å². The summed E-state index contributed by atoms with van der Waals surface area (Å²) in [6.07, 6.45) is 1.97. The van der Waals surface area contributed by atoms with Gasteiger partial charge >= 0.3 is 0 Å². The van der Waals surface area contributed by atoms with Gasteiger partial charge in [-0.3, -0.25) is 0 Å². The van der Waals surface area contributed by atoms with Gasteiger partial charge in [-0.2, -0.15) is 0 Å². The smallest absolute Gasteiger partial charge is 0.202 e. The summed E-state index contributed by atoms with van der Waals surface area (Å²) in [6.45, 7) is 4.42. The molecule has 1 aromatic heterocycles. The van der Waals surface area contributed by atoms with Crippen LogP contribution in [0.2, 0.25) is 0 Å². The molecule has 5 nitrogen and oxygen atoms in total. The average Bonchev–Trinajstić information content (AvgIpc) is 2.80. The van der Waals surface area contributed by atoms with E-state index in [1.807, 2.05) is 13.8 Å². The second-order valence-electron chi connectivity index (χ2n) is 5.04. The Hall–Kier alpha value is -1.40. The molecule has 2 N–H and O–H groups in total. The Labute approximate surface area is 112 Å². The normalized spacial score (nSPS) is 15.6. The van der Waals surface area contributed by atoms with Crippen LogP contribution >= 0.6 is 0 Å². The van der Waals surface area contributed by atoms with Crippen molar-refractivity contribution in [3.63, 3.8) is 0 Å². The van der Waals surface area contributed by atoms with Crippen molar-refractivity contribution in [1.82, 2.24) is 4.98 Å². The molecule has 1 unspecified atom stereocenters. The molecule has 2 aromatic rings. The number of nitrogens with zero attached hydrogens (tertiary/aromatic N) is 1. The molecule has 104 valence electrons. The van der Waals surface area contributed by atoms with Crippen LogP contribution in [0.25, 0.3) is 11.1 Å². The molecule has 6 heteroatoms. The van der Waals surface area contributed by atoms with Gasteiger partial charge in [0.25, 0.3) is 0 Å². The highest BCUT2D eigenvalue weighted by Crippen LogP contribution is 2.29. The van der Waals surface area contributed by atoms with Crippen LogP contribution in [0.1, 0.15) is 26.2 Å². The second kappa shape index (κ2) is 4.61. The van der Waals surface area contributed by atoms with E-state index in [-0.39, 0.29) is 10.3 Å². The maximum Gasteiger partial charge on any atom is 0.202 e. The van der Waals surface area contributed by atoms with Gasteiger partial charge in [-0.15, -0.1) is 0 Å². The molecule has 0 spiro atoms. The van der Waals surface area contributed by atoms with Crippen LogP contribution in [-0.2, 0) is 15.3 Å². The summed E-state index contributed by atoms with van der Waals surface area (Å²) in [4.78, 5) is 4.63. The first-order chi connectivity index (χ1) is 8.80. The molecule has 0 radical (unpaired) electrons. The zero-order valence-electron chi connectivity index (χ0n) is 11.3. The highest BCUT2D eigenvalue weighted by molar-refractivity contribution is 7.90. The molecule has 0 saturated heterocycles. The first kappa shape index (κ1) is 14.0. The summed E-state index contributed by atoms with van der Waals surface area (Å²) in [5.74, 6) is 0.554. The third kappa shape index (κ3) is 2.50. The molecule has 0 aliphatic carbocycles. The summed E-state index contributed by atoms with van der Waals surface area (Å²) in [5, 5.41) is 0. The monoisotopic (exact) mass is 282 g/mol. The number of sulfone groups is 1. The van der Waals surface area contributed by atoms with Gasteiger partial charge < -0.3 is 10.2 Å². The number of rotatable bonds is 4. The highest BCUT2D eigenvalue weighted by Gasteiger charge is 2.29. The molecule has 2 rings (SSSR count). The Bertz CT molecular complexity index is 700. The van der Waals surface area contributed by atoms with Crippen LogP contribution in [0.5, 0.6) is 0 Å². The summed E-state index contributed by atoms with van der Waals surface area (Å²) >= 11 is 0. The maximum atomic E-state index is 11.5. The summed E-state index contributed by atoms with van der Waals surface area (Å²) < 4.78 is 28.7. The minimum atomic E-state index is -3.24. The molecule has 19 heavy (non-hydrogen) atoms. The zero-order valence-corrected chi connectivity index (χ0v) is 12.1. The van der Waals surface area contributed by atoms with Crippen molar-refractivity contribution < 1.29 is 12.8 Å². The topological polar surface area (TPSA) is 86.2 Å². The third-order valence-corrected chi connectivity index (χ3v) is 4.64. The van der Waals surface area contributed by atoms with Gasteiger partial charge in [0.05, 0.1) is 10.3 Å². The molecule has 0 amide bonds. The molecule has 1 atom stereocenters. The van der Waals surface area contributed by atoms with E-state index < -0.39 is 9.84 Å². The SMILES string of the molecule is CCC(C)(CN)c1nc2cc(S(C)(=O)=O)ccc2o1. The van der Waals surface area contributed by atoms with Crippen LogP contribution in [0.15, 0.2) is 27.5 Å². The van der Waals surface area contributed by atoms with Crippen LogP contribution in [0.3, 0.4) is 0 Å². The number of nitrogens with two attached hydrogens (primary N) is 1. The molecule has 1 aromatic carbocycles. The van der Waals surface area contributed by atoms with Gasteiger partial charge in [0.1, 0.15) is 5.52 Å². The molecule has 1 heterocycles. The number of benzene rings is 1. The van der Waals surface area contributed by atoms with E-state index >= 15 is 0 Å². The maximum absolute atomic E-state index is 11.5. The van der Waals surface area contributed by atoms with Gasteiger partial charge in [-0.05, 0) is 31.5 Å². The molecule has 0 bridgehead atoms. The highest BCUT2D eigenvalue weighted by atomic mass is 32.2. The van der Waals surface area contributed by atoms with Crippen molar-refractivity contribution in [2.45, 2.75) is 30.6 Å². The lowest BCUT2D eigenvalue weighted by Gasteiger charge is -2.21. The van der Waals surface area contributed by atoms with Gasteiger partial charge in [0.15, 0.2) is 15.4 Å². The summed E-state index contributed by atoms with van der Waals surface area (Å²) in [6, 6.07) is 4.69. The van der Waals surface area contributed by atoms with Gasteiger partial charge in [-0.25, -0.2) is 13.4 Å². The van der Waals surface area contributed by atoms with Crippen LogP contribution in [0.4, 0.5) is 0 Å². The van der Waals surface area contributed by atoms with Crippen molar-refractivity contribution in [3.05, 3.63) is 24.1 Å². The third-order valence-electron chi connectivity index (χ3n) is 3.53. The number of aromatic nitrogens is 1. The quantitative estimate of drug-likeness (QED) is 0.925. The minimum Gasteiger partial charge on any atom is -0.440 e. The molecule has 0 aliphatic heterocycles. The fourth-order valence-electron chi connectivity index (χ4n) is 1.78. The Morgan fingerprint density at radius 1 is 1.42 bits per heavy atom. The van der Waals surface area contributed by atoms with E-state index in [0.717, 1.165) is 6.42 Å². The molecule has 0 saturated carbocycles. The summed E-state index contributed by atoms with van der Waals surface area (Å²) in [7, 11) is -3.24. The minimum absolute atomic E-state index is 0.241. The standard InChI is InChI=1S/C13H18N2O3S/c1-4-13(2,8-14)12-15-10-7-9(19(3,16)17)5-6-11(10)18-12/h5-7H,4,8,14H2,1-3H3. The van der Waals surface area contributed by atoms with E-state index in [9.17, 15) is 8.42 Å². The number of oxazole rings is 1. The van der Waals surface area contributed by atoms with Crippen LogP contribution in [0, 0.1) is 0 Å². The van der Waals surface area contributed by atoms with Crippen LogP contribution < -0.4 is 5.73 Å². The lowest BCUT2D eigenvalue weighted by molar-refractivity contribution is 0.354. The number of hydrogen-bond acceptors (Lipinski definition) is 5. The first-order valence-electron chi connectivity index (χ1n) is 6.11. The lowest BCUT2D eigenvalue weighted by Crippen LogP contribution is -2.31. The fourth-order valence-corrected chi connectivity index (χ4v) is 2.42. The average molecular weight is 282 g/mol. The molecular weight excluding hydrogens is 264 g/mol. The predicted octanol–water partition coefficient (Wildman–Crippen LogP) is 1.86. The largest absolute Gasteiger partial charge is 0.440 e. The Kier molecular flexibility index (Phi) is 3.40. The zero-order chi connectivity index (χ0) is 14.3. The summed E-state index contributed by atoms with van der Waals surface area (Å²) in [5.41, 5.74) is 6.57. The van der Waals surface area contributed by atoms with Gasteiger partial charge in [0.2, 0.25) is 5.89 Å². The van der Waals surface area contributed by atoms with Gasteiger partial charge in [-0.1, -0.05) is 6.92 Å². The van der Waals surface area contributed by atoms with E-state index in [1.165, 1.54) is 18.4 Å². The van der Waals surface area contributed by atoms with E-state index in [1.54, 1.807) is 6.07 Å². The van der Waals surface area contributed by atoms with Crippen molar-refractivity contribution in [2.75, 3.05) is 12.8 Å². The van der Waals surface area contributed by atoms with E-state index in [0.29, 0.717) is 23.5 Å². The predicted molar refractivity (Wildman–Crippen MR) is 73.8 cm³/mol. The molecular formula is C13H18N2O3S. The number of fused-ring (bicyclic) bond motifs is 1. The van der Waals surface area contributed by atoms with E-state index in [2.05, 4.69) is 4.98 Å². The number of hydrogen-bond donors (Lipinski definition) is 1. The van der Waals surface area contributed by atoms with Gasteiger partial charge in [0, 0.05) is 12.8 Å². The van der Waals surface area contributed by atoms with Crippen molar-refractivity contribution in [3.8, 4) is 0 Å². The van der Waals surface area contributed by atoms with E-state index in [4.69, 9.17) is 10.2 Å². The fraction of sp³-hybridized carbons (Fsp3) is 0.462. The van der Waals surface area contributed by atoms with Crippen molar-refractivity contribution in [2.24, 2.45) is 5.73 Å². The Balaban J connectivity index is 2.59. The second-order valence-corrected chi connectivity index (χ2v) is 7.05. The first-order valence-corrected chi connectivity index (χ1v) is 8.00. The lowest BCUT2D eigenvalue weighted by atomic mass is 9.88. The Morgan fingerprint density at radius 3 is 2.63 bits per heavy atom. The van der Waals surface area contributed by atoms with Crippen molar-refractivity contribution >= 4 is 20.9 Å².